The molecule has 0 N–H and O–H groups in total. The van der Waals surface area contributed by atoms with Crippen LogP contribution in [0.2, 0.25) is 0 Å². The predicted molar refractivity (Wildman–Crippen MR) is 157 cm³/mol. The molecule has 5 rings (SSSR count). The Morgan fingerprint density at radius 2 is 1.53 bits per heavy atom. The highest BCUT2D eigenvalue weighted by Crippen LogP contribution is 2.51. The average Bonchev–Trinajstić information content (AvgIpc) is 3.53. The zero-order chi connectivity index (χ0) is 34.3. The number of rotatable bonds is 8. The molecule has 1 saturated carbocycles. The van der Waals surface area contributed by atoms with Gasteiger partial charge in [0, 0.05) is 19.0 Å². The molecule has 0 unspecified atom stereocenters. The second-order valence-electron chi connectivity index (χ2n) is 12.6. The molecule has 2 aliphatic rings. The number of nitrogens with zero attached hydrogens (tertiary/aromatic N) is 1. The van der Waals surface area contributed by atoms with Crippen LogP contribution in [-0.4, -0.2) is 36.0 Å². The molecular formula is C35H34F7NO4. The van der Waals surface area contributed by atoms with Crippen molar-refractivity contribution in [1.29, 1.82) is 0 Å². The molecule has 0 radical (unpaired) electrons. The lowest BCUT2D eigenvalue weighted by Crippen LogP contribution is -2.40. The number of ether oxygens (including phenoxy) is 2. The summed E-state index contributed by atoms with van der Waals surface area (Å²) in [6, 6.07) is 15.5. The minimum absolute atomic E-state index is 0.0159. The van der Waals surface area contributed by atoms with Crippen LogP contribution in [-0.2, 0) is 38.0 Å². The maximum Gasteiger partial charge on any atom is 0.416 e. The maximum atomic E-state index is 13.9. The van der Waals surface area contributed by atoms with Crippen molar-refractivity contribution in [2.24, 2.45) is 11.3 Å². The Bertz CT molecular complexity index is 1560. The number of alkyl halides is 6. The number of benzene rings is 3. The summed E-state index contributed by atoms with van der Waals surface area (Å²) in [6.07, 6.45) is -11.0. The topological polar surface area (TPSA) is 55.8 Å². The van der Waals surface area contributed by atoms with Crippen LogP contribution >= 0.6 is 0 Å². The van der Waals surface area contributed by atoms with Gasteiger partial charge < -0.3 is 14.4 Å². The van der Waals surface area contributed by atoms with Crippen molar-refractivity contribution >= 4 is 11.9 Å². The number of amides is 1. The molecular weight excluding hydrogens is 631 g/mol. The number of likely N-dealkylation sites (tertiary alicyclic amines) is 1. The van der Waals surface area contributed by atoms with Crippen molar-refractivity contribution in [3.8, 4) is 0 Å². The summed E-state index contributed by atoms with van der Waals surface area (Å²) in [7, 11) is 1.59. The fraction of sp³-hybridized carbons (Fsp3) is 0.429. The Morgan fingerprint density at radius 3 is 2.11 bits per heavy atom. The van der Waals surface area contributed by atoms with Crippen LogP contribution in [0.5, 0.6) is 0 Å². The molecule has 0 spiro atoms. The molecule has 6 atom stereocenters. The number of esters is 1. The third-order valence-corrected chi connectivity index (χ3v) is 9.42. The van der Waals surface area contributed by atoms with Crippen LogP contribution in [0.3, 0.4) is 0 Å². The Hall–Kier alpha value is -3.93. The first-order valence-electron chi connectivity index (χ1n) is 15.2. The standard InChI is InChI=1S/C35H34F7NO4/c1-20(23-15-24(34(37,38)39)17-25(16-23)35(40,41)42)47-29-14-13-27(30(29)22-9-11-26(36)12-10-22)28-18-33(2,31(44)43(28)3)32(45)46-19-21-7-5-4-6-8-21/h4-12,15-17,20,27-30H,13-14,18-19H2,1-3H3/t20-,27+,28-,29+,30+,33-/m1/s1. The van der Waals surface area contributed by atoms with E-state index in [0.717, 1.165) is 5.56 Å². The van der Waals surface area contributed by atoms with Gasteiger partial charge in [-0.25, -0.2) is 4.39 Å². The molecule has 5 nitrogen and oxygen atoms in total. The Balaban J connectivity index is 1.42. The summed E-state index contributed by atoms with van der Waals surface area (Å²) >= 11 is 0. The van der Waals surface area contributed by atoms with Gasteiger partial charge in [-0.1, -0.05) is 42.5 Å². The number of hydrogen-bond acceptors (Lipinski definition) is 4. The molecule has 0 bridgehead atoms. The number of carbonyl (C=O) groups excluding carboxylic acids is 2. The van der Waals surface area contributed by atoms with E-state index in [1.165, 1.54) is 30.9 Å². The van der Waals surface area contributed by atoms with Gasteiger partial charge in [-0.2, -0.15) is 26.3 Å². The quantitative estimate of drug-likeness (QED) is 0.138. The van der Waals surface area contributed by atoms with Gasteiger partial charge in [-0.15, -0.1) is 0 Å². The summed E-state index contributed by atoms with van der Waals surface area (Å²) in [5.41, 5.74) is -3.28. The van der Waals surface area contributed by atoms with Crippen molar-refractivity contribution in [3.63, 3.8) is 0 Å². The highest BCUT2D eigenvalue weighted by Gasteiger charge is 2.57. The van der Waals surface area contributed by atoms with Gasteiger partial charge >= 0.3 is 18.3 Å². The molecule has 47 heavy (non-hydrogen) atoms. The van der Waals surface area contributed by atoms with E-state index in [1.807, 2.05) is 6.07 Å². The molecule has 1 saturated heterocycles. The van der Waals surface area contributed by atoms with Crippen LogP contribution in [0.25, 0.3) is 0 Å². The van der Waals surface area contributed by atoms with Gasteiger partial charge in [-0.05, 0) is 86.1 Å². The number of hydrogen-bond donors (Lipinski definition) is 0. The summed E-state index contributed by atoms with van der Waals surface area (Å²) in [6.45, 7) is 2.90. The van der Waals surface area contributed by atoms with Crippen LogP contribution < -0.4 is 0 Å². The molecule has 3 aromatic rings. The van der Waals surface area contributed by atoms with Crippen molar-refractivity contribution in [2.45, 2.75) is 76.2 Å². The molecule has 0 aromatic heterocycles. The minimum Gasteiger partial charge on any atom is -0.460 e. The fourth-order valence-corrected chi connectivity index (χ4v) is 6.95. The van der Waals surface area contributed by atoms with Gasteiger partial charge in [0.1, 0.15) is 17.8 Å². The van der Waals surface area contributed by atoms with Crippen LogP contribution in [0.15, 0.2) is 72.8 Å². The Labute approximate surface area is 267 Å². The van der Waals surface area contributed by atoms with E-state index in [2.05, 4.69) is 0 Å². The summed E-state index contributed by atoms with van der Waals surface area (Å²) in [5, 5.41) is 0. The third-order valence-electron chi connectivity index (χ3n) is 9.42. The first kappa shape index (κ1) is 34.4. The molecule has 2 fully saturated rings. The van der Waals surface area contributed by atoms with Crippen molar-refractivity contribution in [1.82, 2.24) is 4.90 Å². The average molecular weight is 666 g/mol. The SMILES string of the molecule is C[C@@H](O[C@H]1CC[C@@H]([C@H]2C[C@@](C)(C(=O)OCc3ccccc3)C(=O)N2C)[C@@H]1c1ccc(F)cc1)c1cc(C(F)(F)F)cc(C(F)(F)F)c1. The summed E-state index contributed by atoms with van der Waals surface area (Å²) in [4.78, 5) is 28.4. The Morgan fingerprint density at radius 1 is 0.936 bits per heavy atom. The molecule has 252 valence electrons. The largest absolute Gasteiger partial charge is 0.460 e. The number of carbonyl (C=O) groups is 2. The lowest BCUT2D eigenvalue weighted by Gasteiger charge is -2.34. The predicted octanol–water partition coefficient (Wildman–Crippen LogP) is 8.48. The first-order chi connectivity index (χ1) is 22.0. The fourth-order valence-electron chi connectivity index (χ4n) is 6.95. The molecule has 1 amide bonds. The second kappa shape index (κ2) is 12.9. The Kier molecular flexibility index (Phi) is 9.47. The van der Waals surface area contributed by atoms with Crippen molar-refractivity contribution < 1.29 is 49.8 Å². The van der Waals surface area contributed by atoms with E-state index in [4.69, 9.17) is 9.47 Å². The zero-order valence-electron chi connectivity index (χ0n) is 25.9. The highest BCUT2D eigenvalue weighted by atomic mass is 19.4. The van der Waals surface area contributed by atoms with E-state index in [9.17, 15) is 40.3 Å². The number of halogens is 7. The van der Waals surface area contributed by atoms with Crippen LogP contribution in [0.4, 0.5) is 30.7 Å². The molecule has 12 heteroatoms. The second-order valence-corrected chi connectivity index (χ2v) is 12.6. The van der Waals surface area contributed by atoms with Gasteiger partial charge in [0.2, 0.25) is 5.91 Å². The van der Waals surface area contributed by atoms with E-state index in [1.54, 1.807) is 43.4 Å². The van der Waals surface area contributed by atoms with Gasteiger partial charge in [0.15, 0.2) is 0 Å². The van der Waals surface area contributed by atoms with E-state index in [-0.39, 0.29) is 30.6 Å². The normalized spacial score (nSPS) is 25.7. The van der Waals surface area contributed by atoms with E-state index < -0.39 is 70.8 Å². The highest BCUT2D eigenvalue weighted by molar-refractivity contribution is 6.04. The lowest BCUT2D eigenvalue weighted by molar-refractivity contribution is -0.161. The van der Waals surface area contributed by atoms with E-state index in [0.29, 0.717) is 30.5 Å². The van der Waals surface area contributed by atoms with Crippen molar-refractivity contribution in [3.05, 3.63) is 106 Å². The van der Waals surface area contributed by atoms with Gasteiger partial charge in [0.25, 0.3) is 0 Å². The minimum atomic E-state index is -5.01. The van der Waals surface area contributed by atoms with E-state index >= 15 is 0 Å². The molecule has 1 aliphatic carbocycles. The van der Waals surface area contributed by atoms with Crippen LogP contribution in [0.1, 0.15) is 72.9 Å². The smallest absolute Gasteiger partial charge is 0.416 e. The maximum absolute atomic E-state index is 13.9. The first-order valence-corrected chi connectivity index (χ1v) is 15.2. The third kappa shape index (κ3) is 7.17. The lowest BCUT2D eigenvalue weighted by atomic mass is 9.78. The van der Waals surface area contributed by atoms with Gasteiger partial charge in [0.05, 0.1) is 23.3 Å². The van der Waals surface area contributed by atoms with Gasteiger partial charge in [-0.3, -0.25) is 9.59 Å². The summed E-state index contributed by atoms with van der Waals surface area (Å²) < 4.78 is 107. The monoisotopic (exact) mass is 665 g/mol. The molecule has 1 heterocycles. The summed E-state index contributed by atoms with van der Waals surface area (Å²) in [5.74, 6) is -2.46. The van der Waals surface area contributed by atoms with Crippen molar-refractivity contribution in [2.75, 3.05) is 7.05 Å². The van der Waals surface area contributed by atoms with Crippen LogP contribution in [0, 0.1) is 17.2 Å². The molecule has 1 aliphatic heterocycles. The zero-order valence-corrected chi connectivity index (χ0v) is 25.9. The molecule has 3 aromatic carbocycles.